The Labute approximate surface area is 144 Å². The number of rotatable bonds is 16. The predicted molar refractivity (Wildman–Crippen MR) is 99.7 cm³/mol. The first-order valence-electron chi connectivity index (χ1n) is 9.64. The van der Waals surface area contributed by atoms with Gasteiger partial charge in [0.15, 0.2) is 0 Å². The lowest BCUT2D eigenvalue weighted by Gasteiger charge is -2.07. The molecule has 0 bridgehead atoms. The fourth-order valence-electron chi connectivity index (χ4n) is 2.62. The topological polar surface area (TPSA) is 38.3 Å². The van der Waals surface area contributed by atoms with E-state index in [0.29, 0.717) is 6.04 Å². The van der Waals surface area contributed by atoms with E-state index in [0.717, 1.165) is 6.42 Å². The molecule has 3 heteroatoms. The summed E-state index contributed by atoms with van der Waals surface area (Å²) in [5, 5.41) is 3.47. The van der Waals surface area contributed by atoms with Gasteiger partial charge in [-0.2, -0.15) is 0 Å². The summed E-state index contributed by atoms with van der Waals surface area (Å²) >= 11 is 0. The summed E-state index contributed by atoms with van der Waals surface area (Å²) < 4.78 is 4.55. The van der Waals surface area contributed by atoms with Crippen LogP contribution in [-0.2, 0) is 9.53 Å². The number of allylic oxidation sites excluding steroid dienone is 1. The lowest BCUT2D eigenvalue weighted by atomic mass is 10.1. The molecule has 0 spiro atoms. The molecule has 0 aliphatic heterocycles. The van der Waals surface area contributed by atoms with E-state index in [2.05, 4.69) is 23.9 Å². The molecule has 0 unspecified atom stereocenters. The van der Waals surface area contributed by atoms with E-state index >= 15 is 0 Å². The van der Waals surface area contributed by atoms with E-state index < -0.39 is 0 Å². The van der Waals surface area contributed by atoms with Gasteiger partial charge < -0.3 is 10.1 Å². The number of hydrogen-bond acceptors (Lipinski definition) is 3. The minimum atomic E-state index is -0.249. The summed E-state index contributed by atoms with van der Waals surface area (Å²) in [6, 6.07) is 0.624. The molecule has 0 fully saturated rings. The molecule has 0 heterocycles. The molecule has 0 radical (unpaired) electrons. The Morgan fingerprint density at radius 1 is 0.870 bits per heavy atom. The molecule has 0 saturated carbocycles. The number of methoxy groups -OCH3 is 1. The van der Waals surface area contributed by atoms with Crippen LogP contribution in [0, 0.1) is 0 Å². The first-order valence-corrected chi connectivity index (χ1v) is 9.64. The van der Waals surface area contributed by atoms with Crippen molar-refractivity contribution < 1.29 is 9.53 Å². The summed E-state index contributed by atoms with van der Waals surface area (Å²) in [7, 11) is 1.41. The highest BCUT2D eigenvalue weighted by atomic mass is 16.5. The highest BCUT2D eigenvalue weighted by molar-refractivity contribution is 5.81. The Morgan fingerprint density at radius 2 is 1.35 bits per heavy atom. The summed E-state index contributed by atoms with van der Waals surface area (Å²) in [6.07, 6.45) is 19.2. The van der Waals surface area contributed by atoms with Gasteiger partial charge in [-0.3, -0.25) is 0 Å². The number of esters is 1. The minimum absolute atomic E-state index is 0.249. The van der Waals surface area contributed by atoms with E-state index in [1.165, 1.54) is 90.4 Å². The van der Waals surface area contributed by atoms with Gasteiger partial charge in [0.2, 0.25) is 0 Å². The molecule has 0 saturated heterocycles. The van der Waals surface area contributed by atoms with Crippen molar-refractivity contribution in [1.29, 1.82) is 0 Å². The number of ether oxygens (including phenoxy) is 1. The van der Waals surface area contributed by atoms with E-state index in [1.54, 1.807) is 0 Å². The summed E-state index contributed by atoms with van der Waals surface area (Å²) in [5.74, 6) is -0.249. The molecule has 136 valence electrons. The molecular formula is C20H39NO2. The van der Waals surface area contributed by atoms with Crippen LogP contribution in [0.25, 0.3) is 0 Å². The van der Waals surface area contributed by atoms with E-state index in [-0.39, 0.29) is 5.97 Å². The highest BCUT2D eigenvalue weighted by Gasteiger charge is 1.95. The Balaban J connectivity index is 3.08. The lowest BCUT2D eigenvalue weighted by molar-refractivity contribution is -0.134. The standard InChI is InChI=1S/C20H39NO2/c1-19(2)21-18-16-14-12-10-8-6-4-5-7-9-11-13-15-17-20(22)23-3/h15,17,19,21H,4-14,16,18H2,1-3H3. The van der Waals surface area contributed by atoms with Crippen LogP contribution in [0.15, 0.2) is 12.2 Å². The third-order valence-electron chi connectivity index (χ3n) is 4.06. The Bertz CT molecular complexity index is 287. The Morgan fingerprint density at radius 3 is 1.83 bits per heavy atom. The van der Waals surface area contributed by atoms with E-state index in [4.69, 9.17) is 0 Å². The second-order valence-electron chi connectivity index (χ2n) is 6.71. The van der Waals surface area contributed by atoms with Crippen LogP contribution in [0.5, 0.6) is 0 Å². The van der Waals surface area contributed by atoms with Crippen molar-refractivity contribution in [1.82, 2.24) is 5.32 Å². The average Bonchev–Trinajstić information content (AvgIpc) is 2.53. The zero-order valence-corrected chi connectivity index (χ0v) is 15.7. The first kappa shape index (κ1) is 22.2. The molecule has 0 aromatic heterocycles. The monoisotopic (exact) mass is 325 g/mol. The van der Waals surface area contributed by atoms with E-state index in [9.17, 15) is 4.79 Å². The van der Waals surface area contributed by atoms with Crippen LogP contribution in [-0.4, -0.2) is 25.7 Å². The molecule has 0 rings (SSSR count). The highest BCUT2D eigenvalue weighted by Crippen LogP contribution is 2.12. The van der Waals surface area contributed by atoms with Crippen molar-refractivity contribution in [2.75, 3.05) is 13.7 Å². The molecular weight excluding hydrogens is 286 g/mol. The molecule has 23 heavy (non-hydrogen) atoms. The fourth-order valence-corrected chi connectivity index (χ4v) is 2.62. The van der Waals surface area contributed by atoms with Crippen molar-refractivity contribution >= 4 is 5.97 Å². The molecule has 0 aliphatic rings. The third kappa shape index (κ3) is 19.1. The summed E-state index contributed by atoms with van der Waals surface area (Å²) in [5.41, 5.74) is 0. The van der Waals surface area contributed by atoms with Crippen LogP contribution in [0.1, 0.15) is 90.9 Å². The summed E-state index contributed by atoms with van der Waals surface area (Å²) in [6.45, 7) is 5.59. The van der Waals surface area contributed by atoms with Gasteiger partial charge in [-0.15, -0.1) is 0 Å². The van der Waals surface area contributed by atoms with Gasteiger partial charge in [-0.1, -0.05) is 77.7 Å². The predicted octanol–water partition coefficient (Wildman–Crippen LogP) is 5.39. The normalized spacial score (nSPS) is 11.5. The van der Waals surface area contributed by atoms with Crippen molar-refractivity contribution in [3.8, 4) is 0 Å². The first-order chi connectivity index (χ1) is 11.2. The van der Waals surface area contributed by atoms with Gasteiger partial charge in [-0.25, -0.2) is 4.79 Å². The molecule has 3 nitrogen and oxygen atoms in total. The second-order valence-corrected chi connectivity index (χ2v) is 6.71. The molecule has 1 N–H and O–H groups in total. The zero-order chi connectivity index (χ0) is 17.2. The van der Waals surface area contributed by atoms with Crippen molar-refractivity contribution in [2.24, 2.45) is 0 Å². The molecule has 0 aliphatic carbocycles. The smallest absolute Gasteiger partial charge is 0.330 e. The number of hydrogen-bond donors (Lipinski definition) is 1. The quantitative estimate of drug-likeness (QED) is 0.235. The van der Waals surface area contributed by atoms with Crippen LogP contribution in [0.4, 0.5) is 0 Å². The maximum absolute atomic E-state index is 10.9. The van der Waals surface area contributed by atoms with Gasteiger partial charge in [-0.05, 0) is 25.8 Å². The van der Waals surface area contributed by atoms with Gasteiger partial charge in [0.1, 0.15) is 0 Å². The van der Waals surface area contributed by atoms with Crippen LogP contribution < -0.4 is 5.32 Å². The maximum Gasteiger partial charge on any atom is 0.330 e. The lowest BCUT2D eigenvalue weighted by Crippen LogP contribution is -2.23. The van der Waals surface area contributed by atoms with Crippen LogP contribution in [0.2, 0.25) is 0 Å². The SMILES string of the molecule is COC(=O)C=CCCCCCCCCCCCCCNC(C)C. The number of carbonyl (C=O) groups is 1. The van der Waals surface area contributed by atoms with Gasteiger partial charge in [0, 0.05) is 12.1 Å². The van der Waals surface area contributed by atoms with Crippen LogP contribution in [0.3, 0.4) is 0 Å². The Hall–Kier alpha value is -0.830. The average molecular weight is 326 g/mol. The zero-order valence-electron chi connectivity index (χ0n) is 15.7. The van der Waals surface area contributed by atoms with Gasteiger partial charge in [0.05, 0.1) is 7.11 Å². The third-order valence-corrected chi connectivity index (χ3v) is 4.06. The van der Waals surface area contributed by atoms with Crippen molar-refractivity contribution in [3.05, 3.63) is 12.2 Å². The van der Waals surface area contributed by atoms with Crippen LogP contribution >= 0.6 is 0 Å². The van der Waals surface area contributed by atoms with Crippen molar-refractivity contribution in [3.63, 3.8) is 0 Å². The number of unbranched alkanes of at least 4 members (excludes halogenated alkanes) is 11. The van der Waals surface area contributed by atoms with Gasteiger partial charge >= 0.3 is 5.97 Å². The fraction of sp³-hybridized carbons (Fsp3) is 0.850. The van der Waals surface area contributed by atoms with Crippen molar-refractivity contribution in [2.45, 2.75) is 96.9 Å². The molecule has 0 amide bonds. The molecule has 0 atom stereocenters. The second kappa shape index (κ2) is 17.5. The van der Waals surface area contributed by atoms with E-state index in [1.807, 2.05) is 6.08 Å². The largest absolute Gasteiger partial charge is 0.466 e. The maximum atomic E-state index is 10.9. The van der Waals surface area contributed by atoms with Gasteiger partial charge in [0.25, 0.3) is 0 Å². The number of nitrogens with one attached hydrogen (secondary N) is 1. The minimum Gasteiger partial charge on any atom is -0.466 e. The summed E-state index contributed by atoms with van der Waals surface area (Å²) in [4.78, 5) is 10.9. The molecule has 0 aromatic rings. The number of carbonyl (C=O) groups excluding carboxylic acids is 1. The molecule has 0 aromatic carbocycles. The Kier molecular flexibility index (Phi) is 16.9.